The highest BCUT2D eigenvalue weighted by molar-refractivity contribution is 8.00. The van der Waals surface area contributed by atoms with E-state index in [0.29, 0.717) is 11.1 Å². The second-order valence-corrected chi connectivity index (χ2v) is 9.72. The number of aromatic nitrogens is 1. The Balaban J connectivity index is 1.75. The van der Waals surface area contributed by atoms with Crippen molar-refractivity contribution in [2.24, 2.45) is 0 Å². The van der Waals surface area contributed by atoms with Gasteiger partial charge in [0.1, 0.15) is 5.52 Å². The third-order valence-electron chi connectivity index (χ3n) is 3.95. The van der Waals surface area contributed by atoms with Gasteiger partial charge in [0.2, 0.25) is 15.9 Å². The van der Waals surface area contributed by atoms with Crippen LogP contribution in [0.15, 0.2) is 50.9 Å². The number of sulfonamides is 1. The van der Waals surface area contributed by atoms with E-state index < -0.39 is 32.8 Å². The molecule has 0 saturated heterocycles. The number of amides is 1. The smallest absolute Gasteiger partial charge is 0.257 e. The highest BCUT2D eigenvalue weighted by Crippen LogP contribution is 2.29. The molecule has 0 saturated carbocycles. The van der Waals surface area contributed by atoms with E-state index in [9.17, 15) is 22.0 Å². The summed E-state index contributed by atoms with van der Waals surface area (Å²) in [6.07, 6.45) is 0. The maximum absolute atomic E-state index is 13.3. The first-order valence-electron chi connectivity index (χ1n) is 8.33. The van der Waals surface area contributed by atoms with Gasteiger partial charge in [-0.3, -0.25) is 4.79 Å². The molecule has 1 aromatic heterocycles. The lowest BCUT2D eigenvalue weighted by molar-refractivity contribution is -0.115. The fourth-order valence-electron chi connectivity index (χ4n) is 2.33. The lowest BCUT2D eigenvalue weighted by Crippen LogP contribution is -2.22. The van der Waals surface area contributed by atoms with Crippen LogP contribution in [0.4, 0.5) is 14.5 Å². The number of fused-ring (bicyclic) bond motifs is 1. The van der Waals surface area contributed by atoms with Gasteiger partial charge >= 0.3 is 0 Å². The first-order chi connectivity index (χ1) is 13.6. The van der Waals surface area contributed by atoms with E-state index in [1.807, 2.05) is 0 Å². The molecule has 0 fully saturated rings. The number of halogens is 2. The number of nitrogens with zero attached hydrogens (tertiary/aromatic N) is 2. The minimum Gasteiger partial charge on any atom is -0.431 e. The summed E-state index contributed by atoms with van der Waals surface area (Å²) in [5.41, 5.74) is 0.833. The van der Waals surface area contributed by atoms with Crippen molar-refractivity contribution in [3.05, 3.63) is 48.0 Å². The van der Waals surface area contributed by atoms with Crippen LogP contribution < -0.4 is 5.32 Å². The van der Waals surface area contributed by atoms with Crippen molar-refractivity contribution in [2.45, 2.75) is 22.3 Å². The topological polar surface area (TPSA) is 92.5 Å². The third kappa shape index (κ3) is 4.57. The molecular weight excluding hydrogens is 424 g/mol. The number of oxazole rings is 1. The monoisotopic (exact) mass is 441 g/mol. The fourth-order valence-corrected chi connectivity index (χ4v) is 4.01. The third-order valence-corrected chi connectivity index (χ3v) is 6.71. The van der Waals surface area contributed by atoms with Gasteiger partial charge in [0.05, 0.1) is 10.1 Å². The average molecular weight is 441 g/mol. The number of carbonyl (C=O) groups is 1. The molecule has 0 aliphatic carbocycles. The minimum atomic E-state index is -3.61. The van der Waals surface area contributed by atoms with Crippen LogP contribution in [-0.4, -0.2) is 43.0 Å². The van der Waals surface area contributed by atoms with Crippen molar-refractivity contribution in [3.8, 4) is 0 Å². The molecule has 154 valence electrons. The zero-order valence-corrected chi connectivity index (χ0v) is 17.3. The predicted octanol–water partition coefficient (Wildman–Crippen LogP) is 3.48. The van der Waals surface area contributed by atoms with Crippen LogP contribution in [0, 0.1) is 11.6 Å². The summed E-state index contributed by atoms with van der Waals surface area (Å²) in [7, 11) is -0.758. The second-order valence-electron chi connectivity index (χ2n) is 6.27. The molecule has 0 radical (unpaired) electrons. The molecule has 2 aromatic carbocycles. The highest BCUT2D eigenvalue weighted by Gasteiger charge is 2.21. The predicted molar refractivity (Wildman–Crippen MR) is 105 cm³/mol. The molecule has 1 atom stereocenters. The van der Waals surface area contributed by atoms with Gasteiger partial charge in [-0.1, -0.05) is 11.8 Å². The molecule has 0 bridgehead atoms. The van der Waals surface area contributed by atoms with E-state index in [2.05, 4.69) is 10.3 Å². The van der Waals surface area contributed by atoms with Crippen LogP contribution in [0.25, 0.3) is 11.1 Å². The molecule has 7 nitrogen and oxygen atoms in total. The quantitative estimate of drug-likeness (QED) is 0.589. The molecule has 3 rings (SSSR count). The molecule has 0 aliphatic rings. The number of carbonyl (C=O) groups excluding carboxylic acids is 1. The summed E-state index contributed by atoms with van der Waals surface area (Å²) < 4.78 is 57.3. The maximum Gasteiger partial charge on any atom is 0.257 e. The summed E-state index contributed by atoms with van der Waals surface area (Å²) in [4.78, 5) is 16.6. The summed E-state index contributed by atoms with van der Waals surface area (Å²) in [6.45, 7) is 1.59. The molecule has 1 amide bonds. The van der Waals surface area contributed by atoms with Crippen LogP contribution in [-0.2, 0) is 14.8 Å². The van der Waals surface area contributed by atoms with E-state index in [0.717, 1.165) is 28.2 Å². The largest absolute Gasteiger partial charge is 0.431 e. The van der Waals surface area contributed by atoms with Crippen LogP contribution in [0.3, 0.4) is 0 Å². The number of anilines is 1. The van der Waals surface area contributed by atoms with Crippen molar-refractivity contribution in [1.29, 1.82) is 0 Å². The number of rotatable bonds is 6. The Morgan fingerprint density at radius 1 is 1.17 bits per heavy atom. The zero-order valence-electron chi connectivity index (χ0n) is 15.6. The van der Waals surface area contributed by atoms with Crippen molar-refractivity contribution < 1.29 is 26.4 Å². The van der Waals surface area contributed by atoms with Crippen molar-refractivity contribution >= 4 is 44.5 Å². The van der Waals surface area contributed by atoms with Gasteiger partial charge in [0.15, 0.2) is 17.2 Å². The van der Waals surface area contributed by atoms with E-state index >= 15 is 0 Å². The van der Waals surface area contributed by atoms with Crippen molar-refractivity contribution in [2.75, 3.05) is 19.4 Å². The number of hydrogen-bond acceptors (Lipinski definition) is 6. The Hall–Kier alpha value is -2.50. The van der Waals surface area contributed by atoms with Gasteiger partial charge in [0, 0.05) is 25.8 Å². The first-order valence-corrected chi connectivity index (χ1v) is 10.7. The van der Waals surface area contributed by atoms with Gasteiger partial charge in [-0.05, 0) is 37.3 Å². The van der Waals surface area contributed by atoms with Gasteiger partial charge in [-0.25, -0.2) is 26.5 Å². The summed E-state index contributed by atoms with van der Waals surface area (Å²) in [5.74, 6) is -2.53. The van der Waals surface area contributed by atoms with Crippen LogP contribution in [0.1, 0.15) is 6.92 Å². The molecule has 3 aromatic rings. The number of thioether (sulfide) groups is 1. The molecule has 1 heterocycles. The Morgan fingerprint density at radius 3 is 2.55 bits per heavy atom. The minimum absolute atomic E-state index is 0.0731. The molecule has 1 unspecified atom stereocenters. The van der Waals surface area contributed by atoms with Gasteiger partial charge < -0.3 is 9.73 Å². The lowest BCUT2D eigenvalue weighted by atomic mass is 10.3. The Kier molecular flexibility index (Phi) is 5.92. The fraction of sp³-hybridized carbons (Fsp3) is 0.222. The SMILES string of the molecule is CC(Sc1nc2cc(S(=O)(=O)N(C)C)ccc2o1)C(=O)Nc1ccc(F)c(F)c1. The molecule has 0 aliphatic heterocycles. The molecule has 29 heavy (non-hydrogen) atoms. The van der Waals surface area contributed by atoms with Gasteiger partial charge in [-0.2, -0.15) is 0 Å². The molecule has 1 N–H and O–H groups in total. The van der Waals surface area contributed by atoms with Crippen molar-refractivity contribution in [1.82, 2.24) is 9.29 Å². The van der Waals surface area contributed by atoms with Crippen LogP contribution in [0.5, 0.6) is 0 Å². The maximum atomic E-state index is 13.3. The number of benzene rings is 2. The van der Waals surface area contributed by atoms with E-state index in [4.69, 9.17) is 4.42 Å². The van der Waals surface area contributed by atoms with E-state index in [1.165, 1.54) is 38.4 Å². The summed E-state index contributed by atoms with van der Waals surface area (Å²) >= 11 is 1.01. The van der Waals surface area contributed by atoms with Gasteiger partial charge in [-0.15, -0.1) is 0 Å². The average Bonchev–Trinajstić information content (AvgIpc) is 3.05. The summed E-state index contributed by atoms with van der Waals surface area (Å²) in [6, 6.07) is 7.36. The normalized spacial score (nSPS) is 13.0. The first kappa shape index (κ1) is 21.2. The van der Waals surface area contributed by atoms with Crippen LogP contribution >= 0.6 is 11.8 Å². The van der Waals surface area contributed by atoms with E-state index in [1.54, 1.807) is 6.92 Å². The van der Waals surface area contributed by atoms with Crippen LogP contribution in [0.2, 0.25) is 0 Å². The Labute approximate surface area is 170 Å². The molecule has 0 spiro atoms. The Morgan fingerprint density at radius 2 is 1.90 bits per heavy atom. The standard InChI is InChI=1S/C18H17F2N3O4S2/c1-10(17(24)21-11-4-6-13(19)14(20)8-11)28-18-22-15-9-12(5-7-16(15)27-18)29(25,26)23(2)3/h4-10H,1-3H3,(H,21,24). The van der Waals surface area contributed by atoms with E-state index in [-0.39, 0.29) is 15.8 Å². The lowest BCUT2D eigenvalue weighted by Gasteiger charge is -2.10. The second kappa shape index (κ2) is 8.09. The zero-order chi connectivity index (χ0) is 21.3. The summed E-state index contributed by atoms with van der Waals surface area (Å²) in [5, 5.41) is 1.99. The van der Waals surface area contributed by atoms with Gasteiger partial charge in [0.25, 0.3) is 5.22 Å². The number of nitrogens with one attached hydrogen (secondary N) is 1. The molecule has 11 heteroatoms. The molecular formula is C18H17F2N3O4S2. The van der Waals surface area contributed by atoms with Crippen molar-refractivity contribution in [3.63, 3.8) is 0 Å². The Bertz CT molecular complexity index is 1180. The number of hydrogen-bond donors (Lipinski definition) is 1. The highest BCUT2D eigenvalue weighted by atomic mass is 32.2.